The molecule has 0 amide bonds. The number of carboxylic acid groups (broad SMARTS) is 1. The number of aliphatic hydroxyl groups excluding tert-OH is 2. The Bertz CT molecular complexity index is 907. The summed E-state index contributed by atoms with van der Waals surface area (Å²) in [6, 6.07) is 0. The molecule has 4 nitrogen and oxygen atoms in total. The quantitative estimate of drug-likeness (QED) is 0.418. The van der Waals surface area contributed by atoms with E-state index in [-0.39, 0.29) is 34.2 Å². The lowest BCUT2D eigenvalue weighted by Gasteiger charge is -2.71. The summed E-state index contributed by atoms with van der Waals surface area (Å²) < 4.78 is 0. The van der Waals surface area contributed by atoms with Gasteiger partial charge in [0.1, 0.15) is 0 Å². The second-order valence-corrected chi connectivity index (χ2v) is 14.9. The van der Waals surface area contributed by atoms with E-state index in [0.29, 0.717) is 11.8 Å². The molecule has 9 atom stereocenters. The number of allylic oxidation sites excluding steroid dienone is 2. The molecule has 0 radical (unpaired) electrons. The van der Waals surface area contributed by atoms with Gasteiger partial charge >= 0.3 is 5.97 Å². The van der Waals surface area contributed by atoms with Crippen molar-refractivity contribution < 1.29 is 20.1 Å². The van der Waals surface area contributed by atoms with Gasteiger partial charge in [-0.1, -0.05) is 53.2 Å². The van der Waals surface area contributed by atoms with Crippen LogP contribution in [0.25, 0.3) is 0 Å². The maximum Gasteiger partial charge on any atom is 0.310 e. The van der Waals surface area contributed by atoms with E-state index in [1.165, 1.54) is 5.57 Å². The Labute approximate surface area is 206 Å². The molecule has 4 heteroatoms. The number of rotatable bonds is 2. The summed E-state index contributed by atoms with van der Waals surface area (Å²) in [6.45, 7) is 14.3. The van der Waals surface area contributed by atoms with Gasteiger partial charge in [-0.25, -0.2) is 0 Å². The average Bonchev–Trinajstić information content (AvgIpc) is 2.76. The van der Waals surface area contributed by atoms with Gasteiger partial charge in [-0.3, -0.25) is 4.79 Å². The Morgan fingerprint density at radius 3 is 2.26 bits per heavy atom. The van der Waals surface area contributed by atoms with Crippen LogP contribution in [0.2, 0.25) is 0 Å². The smallest absolute Gasteiger partial charge is 0.310 e. The number of carboxylic acids is 1. The van der Waals surface area contributed by atoms with Crippen LogP contribution in [0.15, 0.2) is 11.6 Å². The van der Waals surface area contributed by atoms with E-state index < -0.39 is 22.9 Å². The predicted molar refractivity (Wildman–Crippen MR) is 134 cm³/mol. The summed E-state index contributed by atoms with van der Waals surface area (Å²) >= 11 is 0. The third-order valence-corrected chi connectivity index (χ3v) is 13.2. The van der Waals surface area contributed by atoms with Crippen molar-refractivity contribution >= 4 is 5.97 Å². The molecule has 0 bridgehead atoms. The summed E-state index contributed by atoms with van der Waals surface area (Å²) in [5.41, 5.74) is 0.858. The van der Waals surface area contributed by atoms with Crippen molar-refractivity contribution in [3.8, 4) is 0 Å². The van der Waals surface area contributed by atoms with Crippen molar-refractivity contribution in [2.45, 2.75) is 112 Å². The first-order valence-electron chi connectivity index (χ1n) is 13.9. The Morgan fingerprint density at radius 1 is 0.941 bits per heavy atom. The van der Waals surface area contributed by atoms with Crippen LogP contribution >= 0.6 is 0 Å². The van der Waals surface area contributed by atoms with Crippen molar-refractivity contribution in [2.75, 3.05) is 6.61 Å². The number of aliphatic carboxylic acids is 1. The monoisotopic (exact) mass is 472 g/mol. The lowest BCUT2D eigenvalue weighted by atomic mass is 9.33. The molecule has 0 saturated heterocycles. The molecular weight excluding hydrogens is 424 g/mol. The van der Waals surface area contributed by atoms with Crippen LogP contribution in [-0.4, -0.2) is 34.0 Å². The molecule has 0 unspecified atom stereocenters. The van der Waals surface area contributed by atoms with Gasteiger partial charge in [0.2, 0.25) is 0 Å². The van der Waals surface area contributed by atoms with Crippen LogP contribution in [0, 0.1) is 50.2 Å². The summed E-state index contributed by atoms with van der Waals surface area (Å²) in [4.78, 5) is 12.8. The van der Waals surface area contributed by atoms with Crippen LogP contribution in [-0.2, 0) is 4.79 Å². The summed E-state index contributed by atoms with van der Waals surface area (Å²) in [5, 5.41) is 31.8. The standard InChI is InChI=1S/C30H48O4/c1-25(2)13-15-30(24(33)34)16-14-28(5)19(20(30)17-25)7-8-22-26(3)11-10-23(32)27(4,18-31)21(26)9-12-29(22,28)6/h7,20-23,31-32H,8-18H2,1-6H3,(H,33,34)/t20-,21-,22+,23-,26-,27-,28+,29+,30-/m0/s1. The second-order valence-electron chi connectivity index (χ2n) is 14.9. The van der Waals surface area contributed by atoms with E-state index in [2.05, 4.69) is 47.6 Å². The van der Waals surface area contributed by atoms with Gasteiger partial charge in [-0.2, -0.15) is 0 Å². The maximum absolute atomic E-state index is 12.8. The zero-order chi connectivity index (χ0) is 24.9. The Morgan fingerprint density at radius 2 is 1.62 bits per heavy atom. The molecule has 0 aliphatic heterocycles. The maximum atomic E-state index is 12.8. The third kappa shape index (κ3) is 2.88. The lowest BCUT2D eigenvalue weighted by Crippen LogP contribution is -2.65. The second kappa shape index (κ2) is 7.34. The van der Waals surface area contributed by atoms with Crippen molar-refractivity contribution in [3.63, 3.8) is 0 Å². The van der Waals surface area contributed by atoms with Crippen molar-refractivity contribution in [1.82, 2.24) is 0 Å². The third-order valence-electron chi connectivity index (χ3n) is 13.2. The van der Waals surface area contributed by atoms with Crippen LogP contribution in [0.4, 0.5) is 0 Å². The molecule has 5 rings (SSSR count). The molecule has 0 heterocycles. The summed E-state index contributed by atoms with van der Waals surface area (Å²) in [5.74, 6) is 0.395. The van der Waals surface area contributed by atoms with Crippen LogP contribution in [0.3, 0.4) is 0 Å². The zero-order valence-electron chi connectivity index (χ0n) is 22.4. The average molecular weight is 473 g/mol. The van der Waals surface area contributed by atoms with Gasteiger partial charge in [-0.15, -0.1) is 0 Å². The van der Waals surface area contributed by atoms with E-state index in [0.717, 1.165) is 64.2 Å². The largest absolute Gasteiger partial charge is 0.481 e. The minimum Gasteiger partial charge on any atom is -0.481 e. The minimum atomic E-state index is -0.588. The number of hydrogen-bond donors (Lipinski definition) is 3. The van der Waals surface area contributed by atoms with Gasteiger partial charge in [-0.05, 0) is 104 Å². The van der Waals surface area contributed by atoms with E-state index in [4.69, 9.17) is 0 Å². The molecule has 34 heavy (non-hydrogen) atoms. The Balaban J connectivity index is 1.60. The van der Waals surface area contributed by atoms with Gasteiger partial charge < -0.3 is 15.3 Å². The highest BCUT2D eigenvalue weighted by Gasteiger charge is 2.69. The molecule has 0 spiro atoms. The number of aliphatic hydroxyl groups is 2. The molecule has 3 N–H and O–H groups in total. The number of fused-ring (bicyclic) bond motifs is 7. The fourth-order valence-corrected chi connectivity index (χ4v) is 10.7. The van der Waals surface area contributed by atoms with Crippen molar-refractivity contribution in [1.29, 1.82) is 0 Å². The van der Waals surface area contributed by atoms with E-state index in [1.54, 1.807) is 0 Å². The predicted octanol–water partition coefficient (Wildman–Crippen LogP) is 6.21. The van der Waals surface area contributed by atoms with Gasteiger partial charge in [0.15, 0.2) is 0 Å². The molecule has 5 aliphatic rings. The molecule has 192 valence electrons. The highest BCUT2D eigenvalue weighted by Crippen LogP contribution is 2.75. The highest BCUT2D eigenvalue weighted by atomic mass is 16.4. The topological polar surface area (TPSA) is 77.8 Å². The van der Waals surface area contributed by atoms with E-state index in [9.17, 15) is 20.1 Å². The van der Waals surface area contributed by atoms with Crippen molar-refractivity contribution in [3.05, 3.63) is 11.6 Å². The molecule has 0 aromatic heterocycles. The minimum absolute atomic E-state index is 0.0204. The first-order valence-corrected chi connectivity index (χ1v) is 13.9. The molecule has 5 aliphatic carbocycles. The molecule has 0 aromatic carbocycles. The molecule has 0 aromatic rings. The molecule has 4 saturated carbocycles. The van der Waals surface area contributed by atoms with Gasteiger partial charge in [0, 0.05) is 5.41 Å². The fourth-order valence-electron chi connectivity index (χ4n) is 10.7. The summed E-state index contributed by atoms with van der Waals surface area (Å²) in [6.07, 6.45) is 11.6. The fraction of sp³-hybridized carbons (Fsp3) is 0.900. The first kappa shape index (κ1) is 24.8. The summed E-state index contributed by atoms with van der Waals surface area (Å²) in [7, 11) is 0. The molecule has 4 fully saturated rings. The van der Waals surface area contributed by atoms with Crippen molar-refractivity contribution in [2.24, 2.45) is 50.2 Å². The normalized spacial score (nSPS) is 54.1. The zero-order valence-corrected chi connectivity index (χ0v) is 22.4. The number of carbonyl (C=O) groups is 1. The van der Waals surface area contributed by atoms with Gasteiger partial charge in [0.05, 0.1) is 18.1 Å². The van der Waals surface area contributed by atoms with Crippen LogP contribution in [0.5, 0.6) is 0 Å². The van der Waals surface area contributed by atoms with E-state index in [1.807, 2.05) is 0 Å². The van der Waals surface area contributed by atoms with Gasteiger partial charge in [0.25, 0.3) is 0 Å². The van der Waals surface area contributed by atoms with E-state index >= 15 is 0 Å². The van der Waals surface area contributed by atoms with Crippen LogP contribution < -0.4 is 0 Å². The SMILES string of the molecule is CC1(C)CC[C@]2(C(=O)O)CC[C@]3(C)C(=CC[C@@H]4[C@@]5(C)CC[C@H](O)[C@@](C)(CO)[C@H]5CC[C@]43C)[C@@H]2C1. The number of hydrogen-bond acceptors (Lipinski definition) is 3. The van der Waals surface area contributed by atoms with Crippen LogP contribution in [0.1, 0.15) is 106 Å². The highest BCUT2D eigenvalue weighted by molar-refractivity contribution is 5.76. The molecular formula is C30H48O4. The Hall–Kier alpha value is -0.870. The lowest BCUT2D eigenvalue weighted by molar-refractivity contribution is -0.216. The first-order chi connectivity index (χ1) is 15.7. The Kier molecular flexibility index (Phi) is 5.36.